The number of rotatable bonds is 7. The first-order valence-corrected chi connectivity index (χ1v) is 11.4. The summed E-state index contributed by atoms with van der Waals surface area (Å²) in [6.07, 6.45) is 4.54. The van der Waals surface area contributed by atoms with E-state index in [0.717, 1.165) is 34.2 Å². The van der Waals surface area contributed by atoms with Crippen LogP contribution in [0.2, 0.25) is 0 Å². The molecule has 2 heterocycles. The molecule has 0 bridgehead atoms. The molecule has 4 aromatic rings. The molecule has 34 heavy (non-hydrogen) atoms. The SMILES string of the molecule is COc1ccc2cc(-c3cn(CC(C)(C)CC(C)(C)n4ccc(=O)c(O)c4C)nn3)ccc2c1. The summed E-state index contributed by atoms with van der Waals surface area (Å²) in [5.41, 5.74) is 1.62. The zero-order valence-corrected chi connectivity index (χ0v) is 20.7. The zero-order chi connectivity index (χ0) is 24.7. The van der Waals surface area contributed by atoms with Gasteiger partial charge in [-0.1, -0.05) is 37.3 Å². The van der Waals surface area contributed by atoms with Crippen molar-refractivity contribution in [3.63, 3.8) is 0 Å². The minimum absolute atomic E-state index is 0.125. The van der Waals surface area contributed by atoms with Crippen molar-refractivity contribution < 1.29 is 9.84 Å². The number of fused-ring (bicyclic) bond motifs is 1. The van der Waals surface area contributed by atoms with Gasteiger partial charge in [-0.05, 0) is 61.6 Å². The van der Waals surface area contributed by atoms with Gasteiger partial charge >= 0.3 is 0 Å². The second kappa shape index (κ2) is 8.63. The molecule has 7 nitrogen and oxygen atoms in total. The average Bonchev–Trinajstić information content (AvgIpc) is 3.23. The molecule has 0 spiro atoms. The summed E-state index contributed by atoms with van der Waals surface area (Å²) in [6.45, 7) is 11.1. The van der Waals surface area contributed by atoms with Crippen LogP contribution in [-0.4, -0.2) is 31.8 Å². The largest absolute Gasteiger partial charge is 0.503 e. The molecule has 0 aliphatic heterocycles. The van der Waals surface area contributed by atoms with Crippen molar-refractivity contribution in [1.29, 1.82) is 0 Å². The second-order valence-electron chi connectivity index (χ2n) is 10.4. The Morgan fingerprint density at radius 1 is 1.03 bits per heavy atom. The molecule has 0 aliphatic rings. The van der Waals surface area contributed by atoms with Gasteiger partial charge < -0.3 is 14.4 Å². The highest BCUT2D eigenvalue weighted by Gasteiger charge is 2.32. The van der Waals surface area contributed by atoms with Crippen molar-refractivity contribution >= 4 is 10.8 Å². The first-order chi connectivity index (χ1) is 16.0. The highest BCUT2D eigenvalue weighted by Crippen LogP contribution is 2.35. The molecule has 0 atom stereocenters. The van der Waals surface area contributed by atoms with E-state index in [1.807, 2.05) is 33.6 Å². The Labute approximate surface area is 199 Å². The van der Waals surface area contributed by atoms with Crippen LogP contribution in [0.4, 0.5) is 0 Å². The molecule has 0 amide bonds. The molecule has 0 saturated carbocycles. The Morgan fingerprint density at radius 2 is 1.74 bits per heavy atom. The van der Waals surface area contributed by atoms with E-state index in [1.165, 1.54) is 6.07 Å². The number of methoxy groups -OCH3 is 1. The molecule has 178 valence electrons. The number of ether oxygens (including phenoxy) is 1. The summed E-state index contributed by atoms with van der Waals surface area (Å²) < 4.78 is 9.18. The smallest absolute Gasteiger partial charge is 0.223 e. The normalized spacial score (nSPS) is 12.3. The topological polar surface area (TPSA) is 82.2 Å². The predicted octanol–water partition coefficient (Wildman–Crippen LogP) is 5.13. The van der Waals surface area contributed by atoms with Gasteiger partial charge in [-0.2, -0.15) is 0 Å². The number of nitrogens with zero attached hydrogens (tertiary/aromatic N) is 4. The number of benzene rings is 2. The first-order valence-electron chi connectivity index (χ1n) is 11.4. The van der Waals surface area contributed by atoms with E-state index in [2.05, 4.69) is 56.2 Å². The van der Waals surface area contributed by atoms with Gasteiger partial charge in [0.2, 0.25) is 5.43 Å². The Bertz CT molecular complexity index is 1400. The maximum absolute atomic E-state index is 11.8. The third-order valence-electron chi connectivity index (χ3n) is 6.35. The van der Waals surface area contributed by atoms with Crippen LogP contribution in [0.5, 0.6) is 11.5 Å². The minimum atomic E-state index is -0.355. The highest BCUT2D eigenvalue weighted by molar-refractivity contribution is 5.87. The summed E-state index contributed by atoms with van der Waals surface area (Å²) in [4.78, 5) is 11.8. The molecular formula is C27H32N4O3. The van der Waals surface area contributed by atoms with Gasteiger partial charge in [-0.25, -0.2) is 0 Å². The van der Waals surface area contributed by atoms with E-state index in [-0.39, 0.29) is 22.1 Å². The Balaban J connectivity index is 1.53. The first kappa shape index (κ1) is 23.5. The third-order valence-corrected chi connectivity index (χ3v) is 6.35. The molecule has 4 rings (SSSR count). The van der Waals surface area contributed by atoms with Crippen molar-refractivity contribution in [2.75, 3.05) is 7.11 Å². The molecule has 0 unspecified atom stereocenters. The van der Waals surface area contributed by atoms with E-state index in [9.17, 15) is 9.90 Å². The van der Waals surface area contributed by atoms with Gasteiger partial charge in [-0.15, -0.1) is 5.10 Å². The molecule has 1 N–H and O–H groups in total. The van der Waals surface area contributed by atoms with Crippen LogP contribution in [-0.2, 0) is 12.1 Å². The fraction of sp³-hybridized carbons (Fsp3) is 0.370. The summed E-state index contributed by atoms with van der Waals surface area (Å²) in [6, 6.07) is 13.7. The lowest BCUT2D eigenvalue weighted by molar-refractivity contribution is 0.164. The standard InChI is InChI=1S/C27H32N4O3/c1-18-25(33)24(32)11-12-31(18)27(4,5)16-26(2,3)17-30-15-23(28-29-30)21-8-7-20-14-22(34-6)10-9-19(20)13-21/h7-15,33H,16-17H2,1-6H3. The van der Waals surface area contributed by atoms with Crippen LogP contribution in [0, 0.1) is 12.3 Å². The average molecular weight is 461 g/mol. The van der Waals surface area contributed by atoms with E-state index in [1.54, 1.807) is 20.2 Å². The highest BCUT2D eigenvalue weighted by atomic mass is 16.5. The molecule has 7 heteroatoms. The number of pyridine rings is 1. The second-order valence-corrected chi connectivity index (χ2v) is 10.4. The summed E-state index contributed by atoms with van der Waals surface area (Å²) >= 11 is 0. The predicted molar refractivity (Wildman–Crippen MR) is 134 cm³/mol. The van der Waals surface area contributed by atoms with E-state index in [4.69, 9.17) is 4.74 Å². The van der Waals surface area contributed by atoms with Crippen molar-refractivity contribution in [3.05, 3.63) is 70.8 Å². The monoisotopic (exact) mass is 460 g/mol. The maximum atomic E-state index is 11.8. The third kappa shape index (κ3) is 4.69. The fourth-order valence-corrected chi connectivity index (χ4v) is 5.05. The zero-order valence-electron chi connectivity index (χ0n) is 20.7. The number of aromatic hydroxyl groups is 1. The fourth-order valence-electron chi connectivity index (χ4n) is 5.05. The number of aromatic nitrogens is 4. The van der Waals surface area contributed by atoms with Crippen LogP contribution < -0.4 is 10.2 Å². The Hall–Kier alpha value is -3.61. The molecular weight excluding hydrogens is 428 g/mol. The summed E-state index contributed by atoms with van der Waals surface area (Å²) in [5, 5.41) is 21.2. The van der Waals surface area contributed by atoms with Crippen LogP contribution in [0.25, 0.3) is 22.0 Å². The lowest BCUT2D eigenvalue weighted by Gasteiger charge is -2.38. The molecule has 0 aliphatic carbocycles. The van der Waals surface area contributed by atoms with Crippen molar-refractivity contribution in [2.24, 2.45) is 5.41 Å². The number of hydrogen-bond donors (Lipinski definition) is 1. The lowest BCUT2D eigenvalue weighted by atomic mass is 9.79. The quantitative estimate of drug-likeness (QED) is 0.413. The van der Waals surface area contributed by atoms with Gasteiger partial charge in [0.25, 0.3) is 0 Å². The van der Waals surface area contributed by atoms with Crippen LogP contribution in [0.3, 0.4) is 0 Å². The number of hydrogen-bond acceptors (Lipinski definition) is 5. The van der Waals surface area contributed by atoms with Crippen LogP contribution >= 0.6 is 0 Å². The molecule has 0 radical (unpaired) electrons. The van der Waals surface area contributed by atoms with Crippen molar-refractivity contribution in [3.8, 4) is 22.8 Å². The summed E-state index contributed by atoms with van der Waals surface area (Å²) in [7, 11) is 1.67. The Kier molecular flexibility index (Phi) is 5.98. The minimum Gasteiger partial charge on any atom is -0.503 e. The van der Waals surface area contributed by atoms with Crippen molar-refractivity contribution in [2.45, 2.75) is 53.1 Å². The van der Waals surface area contributed by atoms with Crippen molar-refractivity contribution in [1.82, 2.24) is 19.6 Å². The molecule has 0 saturated heterocycles. The van der Waals surface area contributed by atoms with Gasteiger partial charge in [-0.3, -0.25) is 9.48 Å². The van der Waals surface area contributed by atoms with Crippen LogP contribution in [0.15, 0.2) is 59.7 Å². The summed E-state index contributed by atoms with van der Waals surface area (Å²) in [5.74, 6) is 0.645. The van der Waals surface area contributed by atoms with Crippen LogP contribution in [0.1, 0.15) is 39.8 Å². The molecule has 0 fully saturated rings. The van der Waals surface area contributed by atoms with Gasteiger partial charge in [0, 0.05) is 29.9 Å². The maximum Gasteiger partial charge on any atom is 0.223 e. The Morgan fingerprint density at radius 3 is 2.47 bits per heavy atom. The van der Waals surface area contributed by atoms with Gasteiger partial charge in [0.15, 0.2) is 5.75 Å². The molecule has 2 aromatic carbocycles. The van der Waals surface area contributed by atoms with E-state index >= 15 is 0 Å². The molecule has 2 aromatic heterocycles. The van der Waals surface area contributed by atoms with E-state index in [0.29, 0.717) is 12.2 Å². The lowest BCUT2D eigenvalue weighted by Crippen LogP contribution is -2.36. The van der Waals surface area contributed by atoms with Gasteiger partial charge in [0.05, 0.1) is 19.0 Å². The van der Waals surface area contributed by atoms with Gasteiger partial charge in [0.1, 0.15) is 11.4 Å². The van der Waals surface area contributed by atoms with E-state index < -0.39 is 0 Å².